The highest BCUT2D eigenvalue weighted by atomic mass is 16.5. The van der Waals surface area contributed by atoms with Crippen LogP contribution in [0.3, 0.4) is 0 Å². The van der Waals surface area contributed by atoms with Crippen molar-refractivity contribution in [2.75, 3.05) is 0 Å². The Kier molecular flexibility index (Phi) is 4.13. The van der Waals surface area contributed by atoms with Gasteiger partial charge >= 0.3 is 5.97 Å². The van der Waals surface area contributed by atoms with E-state index in [-0.39, 0.29) is 11.4 Å². The van der Waals surface area contributed by atoms with Crippen molar-refractivity contribution >= 4 is 5.97 Å². The first-order chi connectivity index (χ1) is 7.06. The minimum absolute atomic E-state index is 0.178. The maximum atomic E-state index is 10.9. The molecule has 0 spiro atoms. The first kappa shape index (κ1) is 12.0. The molecule has 0 N–H and O–H groups in total. The van der Waals surface area contributed by atoms with Gasteiger partial charge in [0.15, 0.2) is 0 Å². The fraction of sp³-hybridized carbons (Fsp3) is 0.615. The van der Waals surface area contributed by atoms with Gasteiger partial charge in [0.25, 0.3) is 0 Å². The van der Waals surface area contributed by atoms with Crippen LogP contribution in [-0.4, -0.2) is 5.97 Å². The van der Waals surface area contributed by atoms with Crippen LogP contribution in [0.2, 0.25) is 0 Å². The molecule has 0 aromatic rings. The normalized spacial score (nSPS) is 25.6. The summed E-state index contributed by atoms with van der Waals surface area (Å²) in [5.74, 6) is 0.634. The molecule has 1 aliphatic rings. The van der Waals surface area contributed by atoms with E-state index in [1.54, 1.807) is 0 Å². The average molecular weight is 208 g/mol. The fourth-order valence-electron chi connectivity index (χ4n) is 2.09. The van der Waals surface area contributed by atoms with Crippen LogP contribution < -0.4 is 0 Å². The van der Waals surface area contributed by atoms with Crippen molar-refractivity contribution in [3.63, 3.8) is 0 Å². The first-order valence-electron chi connectivity index (χ1n) is 5.57. The molecule has 0 radical (unpaired) electrons. The second-order valence-corrected chi connectivity index (χ2v) is 4.54. The lowest BCUT2D eigenvalue weighted by Gasteiger charge is -2.30. The summed E-state index contributed by atoms with van der Waals surface area (Å²) in [6.07, 6.45) is 9.34. The SMILES string of the molecule is C=CCC[C@]1(C)C=C(OC(C)=O)CCC1. The quantitative estimate of drug-likeness (QED) is 0.521. The number of ether oxygens (including phenoxy) is 1. The number of hydrogen-bond acceptors (Lipinski definition) is 2. The number of esters is 1. The van der Waals surface area contributed by atoms with Gasteiger partial charge in [-0.3, -0.25) is 4.79 Å². The number of carbonyl (C=O) groups excluding carboxylic acids is 1. The molecule has 0 aromatic heterocycles. The smallest absolute Gasteiger partial charge is 0.307 e. The Morgan fingerprint density at radius 1 is 1.73 bits per heavy atom. The molecule has 1 atom stereocenters. The molecule has 0 saturated heterocycles. The van der Waals surface area contributed by atoms with Crippen molar-refractivity contribution in [3.05, 3.63) is 24.5 Å². The molecule has 2 nitrogen and oxygen atoms in total. The van der Waals surface area contributed by atoms with E-state index in [2.05, 4.69) is 19.6 Å². The summed E-state index contributed by atoms with van der Waals surface area (Å²) in [4.78, 5) is 10.9. The summed E-state index contributed by atoms with van der Waals surface area (Å²) in [5, 5.41) is 0. The van der Waals surface area contributed by atoms with Gasteiger partial charge < -0.3 is 4.74 Å². The molecule has 0 heterocycles. The Morgan fingerprint density at radius 2 is 2.47 bits per heavy atom. The summed E-state index contributed by atoms with van der Waals surface area (Å²) >= 11 is 0. The van der Waals surface area contributed by atoms with Crippen molar-refractivity contribution in [2.45, 2.75) is 46.0 Å². The predicted molar refractivity (Wildman–Crippen MR) is 61.2 cm³/mol. The zero-order valence-corrected chi connectivity index (χ0v) is 9.71. The highest BCUT2D eigenvalue weighted by Gasteiger charge is 2.26. The van der Waals surface area contributed by atoms with Gasteiger partial charge in [0.2, 0.25) is 0 Å². The van der Waals surface area contributed by atoms with E-state index in [4.69, 9.17) is 4.74 Å². The van der Waals surface area contributed by atoms with Crippen LogP contribution in [-0.2, 0) is 9.53 Å². The fourth-order valence-corrected chi connectivity index (χ4v) is 2.09. The predicted octanol–water partition coefficient (Wildman–Crippen LogP) is 3.59. The zero-order valence-electron chi connectivity index (χ0n) is 9.71. The van der Waals surface area contributed by atoms with Crippen LogP contribution in [0, 0.1) is 5.41 Å². The maximum absolute atomic E-state index is 10.9. The standard InChI is InChI=1S/C13H20O2/c1-4-5-8-13(3)9-6-7-12(10-13)15-11(2)14/h4,10H,1,5-9H2,2-3H3/t13-/m0/s1. The lowest BCUT2D eigenvalue weighted by Crippen LogP contribution is -2.19. The first-order valence-corrected chi connectivity index (χ1v) is 5.57. The third kappa shape index (κ3) is 3.90. The van der Waals surface area contributed by atoms with Crippen LogP contribution in [0.1, 0.15) is 46.0 Å². The van der Waals surface area contributed by atoms with Crippen molar-refractivity contribution in [1.82, 2.24) is 0 Å². The third-order valence-electron chi connectivity index (χ3n) is 2.87. The Balaban J connectivity index is 2.65. The van der Waals surface area contributed by atoms with Gasteiger partial charge in [-0.2, -0.15) is 0 Å². The van der Waals surface area contributed by atoms with Gasteiger partial charge in [-0.05, 0) is 37.2 Å². The third-order valence-corrected chi connectivity index (χ3v) is 2.87. The molecule has 0 aromatic carbocycles. The average Bonchev–Trinajstić information content (AvgIpc) is 2.14. The molecule has 84 valence electrons. The number of rotatable bonds is 4. The van der Waals surface area contributed by atoms with Crippen molar-refractivity contribution < 1.29 is 9.53 Å². The molecule has 0 amide bonds. The summed E-state index contributed by atoms with van der Waals surface area (Å²) in [7, 11) is 0. The van der Waals surface area contributed by atoms with Crippen molar-refractivity contribution in [3.8, 4) is 0 Å². The van der Waals surface area contributed by atoms with Gasteiger partial charge in [-0.15, -0.1) is 6.58 Å². The topological polar surface area (TPSA) is 26.3 Å². The molecular formula is C13H20O2. The minimum atomic E-state index is -0.214. The van der Waals surface area contributed by atoms with Crippen LogP contribution >= 0.6 is 0 Å². The van der Waals surface area contributed by atoms with E-state index in [0.29, 0.717) is 0 Å². The summed E-state index contributed by atoms with van der Waals surface area (Å²) < 4.78 is 5.16. The van der Waals surface area contributed by atoms with E-state index in [1.165, 1.54) is 13.3 Å². The van der Waals surface area contributed by atoms with Crippen molar-refractivity contribution in [1.29, 1.82) is 0 Å². The van der Waals surface area contributed by atoms with Crippen LogP contribution in [0.25, 0.3) is 0 Å². The van der Waals surface area contributed by atoms with Crippen molar-refractivity contribution in [2.24, 2.45) is 5.41 Å². The highest BCUT2D eigenvalue weighted by Crippen LogP contribution is 2.38. The van der Waals surface area contributed by atoms with E-state index >= 15 is 0 Å². The summed E-state index contributed by atoms with van der Waals surface area (Å²) in [6.45, 7) is 7.41. The van der Waals surface area contributed by atoms with Gasteiger partial charge in [0.1, 0.15) is 5.76 Å². The minimum Gasteiger partial charge on any atom is -0.432 e. The Labute approximate surface area is 92.0 Å². The molecule has 0 saturated carbocycles. The molecule has 0 unspecified atom stereocenters. The number of carbonyl (C=O) groups is 1. The Morgan fingerprint density at radius 3 is 3.07 bits per heavy atom. The lowest BCUT2D eigenvalue weighted by molar-refractivity contribution is -0.137. The highest BCUT2D eigenvalue weighted by molar-refractivity contribution is 5.67. The van der Waals surface area contributed by atoms with E-state index in [9.17, 15) is 4.79 Å². The van der Waals surface area contributed by atoms with E-state index < -0.39 is 0 Å². The molecule has 15 heavy (non-hydrogen) atoms. The molecule has 0 aliphatic heterocycles. The molecular weight excluding hydrogens is 188 g/mol. The van der Waals surface area contributed by atoms with E-state index in [1.807, 2.05) is 6.08 Å². The van der Waals surface area contributed by atoms with E-state index in [0.717, 1.165) is 31.4 Å². The van der Waals surface area contributed by atoms with Gasteiger partial charge in [-0.1, -0.05) is 13.0 Å². The molecule has 2 heteroatoms. The molecule has 0 fully saturated rings. The molecule has 1 rings (SSSR count). The summed E-state index contributed by atoms with van der Waals surface area (Å²) in [5.41, 5.74) is 0.178. The van der Waals surface area contributed by atoms with Gasteiger partial charge in [-0.25, -0.2) is 0 Å². The Bertz CT molecular complexity index is 278. The summed E-state index contributed by atoms with van der Waals surface area (Å²) in [6, 6.07) is 0. The largest absolute Gasteiger partial charge is 0.432 e. The van der Waals surface area contributed by atoms with Crippen LogP contribution in [0.15, 0.2) is 24.5 Å². The van der Waals surface area contributed by atoms with Gasteiger partial charge in [0.05, 0.1) is 0 Å². The molecule has 1 aliphatic carbocycles. The molecule has 0 bridgehead atoms. The van der Waals surface area contributed by atoms with Crippen LogP contribution in [0.4, 0.5) is 0 Å². The number of hydrogen-bond donors (Lipinski definition) is 0. The zero-order chi connectivity index (χ0) is 11.3. The maximum Gasteiger partial charge on any atom is 0.307 e. The lowest BCUT2D eigenvalue weighted by atomic mass is 9.77. The second-order valence-electron chi connectivity index (χ2n) is 4.54. The van der Waals surface area contributed by atoms with Crippen LogP contribution in [0.5, 0.6) is 0 Å². The van der Waals surface area contributed by atoms with Gasteiger partial charge in [0, 0.05) is 13.3 Å². The number of allylic oxidation sites excluding steroid dienone is 3. The monoisotopic (exact) mass is 208 g/mol. The second kappa shape index (κ2) is 5.15. The Hall–Kier alpha value is -1.05.